The molecule has 0 unspecified atom stereocenters. The zero-order valence-corrected chi connectivity index (χ0v) is 18.0. The van der Waals surface area contributed by atoms with E-state index >= 15 is 0 Å². The van der Waals surface area contributed by atoms with Crippen molar-refractivity contribution < 1.29 is 0 Å². The summed E-state index contributed by atoms with van der Waals surface area (Å²) in [4.78, 5) is 16.3. The zero-order chi connectivity index (χ0) is 21.4. The normalized spacial score (nSPS) is 11.3. The van der Waals surface area contributed by atoms with Crippen molar-refractivity contribution in [3.05, 3.63) is 72.2 Å². The van der Waals surface area contributed by atoms with Crippen LogP contribution in [-0.4, -0.2) is 33.9 Å². The Hall–Kier alpha value is -3.73. The fourth-order valence-electron chi connectivity index (χ4n) is 3.69. The van der Waals surface area contributed by atoms with Gasteiger partial charge in [-0.25, -0.2) is 9.97 Å². The second-order valence-corrected chi connectivity index (χ2v) is 8.72. The summed E-state index contributed by atoms with van der Waals surface area (Å²) < 4.78 is 0. The van der Waals surface area contributed by atoms with Gasteiger partial charge in [-0.15, -0.1) is 11.3 Å². The Labute approximate surface area is 183 Å². The molecule has 0 aliphatic rings. The molecule has 1 aromatic carbocycles. The molecule has 0 saturated carbocycles. The summed E-state index contributed by atoms with van der Waals surface area (Å²) in [5.41, 5.74) is 5.35. The molecule has 5 rings (SSSR count). The molecule has 152 valence electrons. The monoisotopic (exact) mass is 424 g/mol. The second kappa shape index (κ2) is 7.84. The topological polar surface area (TPSA) is 80.6 Å². The van der Waals surface area contributed by atoms with Gasteiger partial charge in [0.15, 0.2) is 0 Å². The molecule has 4 heterocycles. The van der Waals surface area contributed by atoms with E-state index in [9.17, 15) is 5.26 Å². The van der Waals surface area contributed by atoms with Crippen molar-refractivity contribution in [1.82, 2.24) is 19.9 Å². The number of aromatic amines is 1. The first kappa shape index (κ1) is 19.2. The minimum atomic E-state index is 0.507. The van der Waals surface area contributed by atoms with E-state index in [4.69, 9.17) is 0 Å². The lowest BCUT2D eigenvalue weighted by atomic mass is 10.1. The third-order valence-corrected chi connectivity index (χ3v) is 6.15. The quantitative estimate of drug-likeness (QED) is 0.388. The largest absolute Gasteiger partial charge is 0.353 e. The van der Waals surface area contributed by atoms with Crippen molar-refractivity contribution >= 4 is 44.0 Å². The molecule has 0 saturated heterocycles. The molecule has 5 aromatic rings. The van der Waals surface area contributed by atoms with Gasteiger partial charge in [0.05, 0.1) is 23.1 Å². The molecule has 0 aliphatic heterocycles. The van der Waals surface area contributed by atoms with Crippen molar-refractivity contribution in [2.75, 3.05) is 19.4 Å². The number of fused-ring (bicyclic) bond motifs is 2. The third-order valence-electron chi connectivity index (χ3n) is 5.06. The van der Waals surface area contributed by atoms with Gasteiger partial charge in [0.25, 0.3) is 0 Å². The molecule has 2 N–H and O–H groups in total. The highest BCUT2D eigenvalue weighted by Gasteiger charge is 2.14. The molecular formula is C24H20N6S. The summed E-state index contributed by atoms with van der Waals surface area (Å²) in [7, 11) is 4.13. The third kappa shape index (κ3) is 3.75. The number of aromatic nitrogens is 3. The van der Waals surface area contributed by atoms with E-state index in [1.807, 2.05) is 18.3 Å². The number of hydrogen-bond acceptors (Lipinski definition) is 6. The average molecular weight is 425 g/mol. The fraction of sp³-hybridized carbons (Fsp3) is 0.125. The Balaban J connectivity index is 1.58. The van der Waals surface area contributed by atoms with Crippen LogP contribution in [-0.2, 0) is 6.54 Å². The van der Waals surface area contributed by atoms with Crippen LogP contribution in [0.5, 0.6) is 0 Å². The molecule has 0 atom stereocenters. The van der Waals surface area contributed by atoms with Crippen molar-refractivity contribution in [1.29, 1.82) is 5.26 Å². The number of H-pyrrole nitrogens is 1. The summed E-state index contributed by atoms with van der Waals surface area (Å²) in [6.45, 7) is 0.886. The van der Waals surface area contributed by atoms with Gasteiger partial charge in [-0.05, 0) is 49.5 Å². The molecule has 0 radical (unpaired) electrons. The summed E-state index contributed by atoms with van der Waals surface area (Å²) in [6.07, 6.45) is 5.27. The second-order valence-electron chi connectivity index (χ2n) is 7.69. The number of nitrogens with one attached hydrogen (secondary N) is 2. The van der Waals surface area contributed by atoms with E-state index in [0.29, 0.717) is 5.56 Å². The van der Waals surface area contributed by atoms with E-state index in [-0.39, 0.29) is 0 Å². The lowest BCUT2D eigenvalue weighted by molar-refractivity contribution is 0.402. The number of benzene rings is 1. The minimum absolute atomic E-state index is 0.507. The smallest absolute Gasteiger partial charge is 0.137 e. The number of nitriles is 1. The van der Waals surface area contributed by atoms with Gasteiger partial charge in [0, 0.05) is 34.6 Å². The van der Waals surface area contributed by atoms with E-state index in [2.05, 4.69) is 75.7 Å². The van der Waals surface area contributed by atoms with Crippen molar-refractivity contribution in [3.63, 3.8) is 0 Å². The summed E-state index contributed by atoms with van der Waals surface area (Å²) in [5.74, 6) is 0. The van der Waals surface area contributed by atoms with Crippen molar-refractivity contribution in [2.45, 2.75) is 6.54 Å². The van der Waals surface area contributed by atoms with Gasteiger partial charge in [0.1, 0.15) is 16.5 Å². The number of hydrogen-bond donors (Lipinski definition) is 2. The maximum atomic E-state index is 9.69. The van der Waals surface area contributed by atoms with Crippen LogP contribution in [0.15, 0.2) is 61.1 Å². The van der Waals surface area contributed by atoms with E-state index in [1.165, 1.54) is 5.56 Å². The van der Waals surface area contributed by atoms with Crippen LogP contribution in [0.4, 0.5) is 11.4 Å². The lowest BCUT2D eigenvalue weighted by Gasteiger charge is -2.10. The highest BCUT2D eigenvalue weighted by atomic mass is 32.1. The Morgan fingerprint density at radius 1 is 1.13 bits per heavy atom. The van der Waals surface area contributed by atoms with E-state index < -0.39 is 0 Å². The Kier molecular flexibility index (Phi) is 4.86. The number of rotatable bonds is 5. The summed E-state index contributed by atoms with van der Waals surface area (Å²) in [6, 6.07) is 16.9. The van der Waals surface area contributed by atoms with Crippen molar-refractivity contribution in [2.24, 2.45) is 0 Å². The maximum Gasteiger partial charge on any atom is 0.137 e. The van der Waals surface area contributed by atoms with Gasteiger partial charge in [-0.3, -0.25) is 0 Å². The number of anilines is 2. The average Bonchev–Trinajstić information content (AvgIpc) is 3.40. The first-order chi connectivity index (χ1) is 15.1. The predicted molar refractivity (Wildman–Crippen MR) is 127 cm³/mol. The highest BCUT2D eigenvalue weighted by molar-refractivity contribution is 7.21. The molecular weight excluding hydrogens is 404 g/mol. The van der Waals surface area contributed by atoms with Crippen LogP contribution in [0.1, 0.15) is 11.1 Å². The lowest BCUT2D eigenvalue weighted by Crippen LogP contribution is -2.10. The van der Waals surface area contributed by atoms with Gasteiger partial charge in [-0.1, -0.05) is 18.2 Å². The first-order valence-electron chi connectivity index (χ1n) is 9.87. The van der Waals surface area contributed by atoms with Crippen molar-refractivity contribution in [3.8, 4) is 16.5 Å². The Bertz CT molecular complexity index is 1440. The molecule has 31 heavy (non-hydrogen) atoms. The van der Waals surface area contributed by atoms with Gasteiger partial charge in [0.2, 0.25) is 0 Å². The predicted octanol–water partition coefficient (Wildman–Crippen LogP) is 5.52. The van der Waals surface area contributed by atoms with Crippen LogP contribution < -0.4 is 5.32 Å². The van der Waals surface area contributed by atoms with Gasteiger partial charge < -0.3 is 15.2 Å². The number of nitrogens with zero attached hydrogens (tertiary/aromatic N) is 4. The van der Waals surface area contributed by atoms with E-state index in [1.54, 1.807) is 23.7 Å². The molecule has 0 fully saturated rings. The zero-order valence-electron chi connectivity index (χ0n) is 17.2. The van der Waals surface area contributed by atoms with Crippen LogP contribution in [0.3, 0.4) is 0 Å². The molecule has 0 aliphatic carbocycles. The summed E-state index contributed by atoms with van der Waals surface area (Å²) in [5, 5.41) is 15.0. The molecule has 6 nitrogen and oxygen atoms in total. The molecule has 0 bridgehead atoms. The fourth-order valence-corrected chi connectivity index (χ4v) is 4.70. The SMILES string of the molecule is CN(C)Cc1cccc(-c2cc3c(Nc4cnc5[nH]ccc5c4)c(C#N)cnc3s2)c1. The highest BCUT2D eigenvalue weighted by Crippen LogP contribution is 2.38. The first-order valence-corrected chi connectivity index (χ1v) is 10.7. The standard InChI is InChI=1S/C24H20N6S/c1-30(2)14-15-4-3-5-16(8-15)21-10-20-22(18(11-25)12-28-24(20)31-21)29-19-9-17-6-7-26-23(17)27-13-19/h3-10,12-13H,14H2,1-2H3,(H,26,27)(H,28,29). The van der Waals surface area contributed by atoms with E-state index in [0.717, 1.165) is 49.6 Å². The molecule has 0 amide bonds. The summed E-state index contributed by atoms with van der Waals surface area (Å²) >= 11 is 1.63. The van der Waals surface area contributed by atoms with Crippen LogP contribution in [0.2, 0.25) is 0 Å². The van der Waals surface area contributed by atoms with Crippen LogP contribution in [0.25, 0.3) is 31.7 Å². The number of thiophene rings is 1. The van der Waals surface area contributed by atoms with Crippen LogP contribution >= 0.6 is 11.3 Å². The van der Waals surface area contributed by atoms with Gasteiger partial charge >= 0.3 is 0 Å². The molecule has 4 aromatic heterocycles. The van der Waals surface area contributed by atoms with Gasteiger partial charge in [-0.2, -0.15) is 5.26 Å². The minimum Gasteiger partial charge on any atom is -0.353 e. The molecule has 0 spiro atoms. The number of pyridine rings is 2. The Morgan fingerprint density at radius 2 is 2.03 bits per heavy atom. The molecule has 7 heteroatoms. The maximum absolute atomic E-state index is 9.69. The Morgan fingerprint density at radius 3 is 2.87 bits per heavy atom. The van der Waals surface area contributed by atoms with Crippen LogP contribution in [0, 0.1) is 11.3 Å².